The Morgan fingerprint density at radius 1 is 0.417 bits per heavy atom. The summed E-state index contributed by atoms with van der Waals surface area (Å²) in [4.78, 5) is 0. The minimum absolute atomic E-state index is 0.878. The number of aromatic nitrogens is 2. The van der Waals surface area contributed by atoms with Gasteiger partial charge in [-0.15, -0.1) is 11.3 Å². The van der Waals surface area contributed by atoms with Crippen LogP contribution in [0.25, 0.3) is 97.5 Å². The molecule has 11 aromatic rings. The molecule has 0 radical (unpaired) electrons. The van der Waals surface area contributed by atoms with Gasteiger partial charge in [0.25, 0.3) is 0 Å². The minimum atomic E-state index is 0.878. The van der Waals surface area contributed by atoms with Crippen LogP contribution in [0, 0.1) is 0 Å². The predicted octanol–water partition coefficient (Wildman–Crippen LogP) is 12.7. The third kappa shape index (κ3) is 3.52. The number of furan rings is 1. The van der Waals surface area contributed by atoms with Crippen molar-refractivity contribution in [2.24, 2.45) is 0 Å². The first-order chi connectivity index (χ1) is 23.8. The van der Waals surface area contributed by atoms with Gasteiger partial charge in [0.15, 0.2) is 0 Å². The third-order valence-corrected chi connectivity index (χ3v) is 11.1. The van der Waals surface area contributed by atoms with E-state index in [-0.39, 0.29) is 0 Å². The summed E-state index contributed by atoms with van der Waals surface area (Å²) in [6.07, 6.45) is 0. The van der Waals surface area contributed by atoms with Crippen LogP contribution in [-0.4, -0.2) is 9.13 Å². The molecule has 4 heteroatoms. The van der Waals surface area contributed by atoms with E-state index in [1.807, 2.05) is 23.5 Å². The van der Waals surface area contributed by atoms with Crippen LogP contribution in [0.4, 0.5) is 0 Å². The minimum Gasteiger partial charge on any atom is -0.439 e. The van der Waals surface area contributed by atoms with Crippen LogP contribution in [0.5, 0.6) is 0 Å². The van der Waals surface area contributed by atoms with Crippen molar-refractivity contribution < 1.29 is 4.42 Å². The molecule has 0 bridgehead atoms. The standard InChI is InChI=1S/C44H26N2OS/c1-5-15-36-31(10-1)35-26-27(30-14-9-19-41-42(30)34-13-4-8-18-40(34)48-41)20-25-38(35)45(36)28-21-23-29(24-22-28)46-37-16-6-2-11-32(37)43-33-12-3-7-17-39(33)47-44(43)46/h1-26H. The Balaban J connectivity index is 1.09. The van der Waals surface area contributed by atoms with E-state index in [0.29, 0.717) is 0 Å². The van der Waals surface area contributed by atoms with Crippen molar-refractivity contribution in [1.82, 2.24) is 9.13 Å². The number of hydrogen-bond acceptors (Lipinski definition) is 2. The fourth-order valence-electron chi connectivity index (χ4n) is 7.88. The molecule has 0 unspecified atom stereocenters. The van der Waals surface area contributed by atoms with Gasteiger partial charge in [-0.2, -0.15) is 0 Å². The van der Waals surface area contributed by atoms with Gasteiger partial charge in [-0.05, 0) is 77.9 Å². The van der Waals surface area contributed by atoms with Gasteiger partial charge in [0.2, 0.25) is 5.71 Å². The molecule has 0 amide bonds. The van der Waals surface area contributed by atoms with Gasteiger partial charge in [0.05, 0.1) is 21.9 Å². The molecule has 0 fully saturated rings. The van der Waals surface area contributed by atoms with Crippen molar-refractivity contribution in [3.63, 3.8) is 0 Å². The lowest BCUT2D eigenvalue weighted by atomic mass is 9.98. The van der Waals surface area contributed by atoms with Crippen LogP contribution >= 0.6 is 11.3 Å². The lowest BCUT2D eigenvalue weighted by Crippen LogP contribution is -1.97. The van der Waals surface area contributed by atoms with Crippen LogP contribution in [0.15, 0.2) is 162 Å². The SMILES string of the molecule is c1ccc2c(c1)oc1c2c2ccccc2n1-c1ccc(-n2c3ccccc3c3cc(-c4cccc5sc6ccccc6c45)ccc32)cc1. The second-order valence-electron chi connectivity index (χ2n) is 12.5. The number of thiophene rings is 1. The van der Waals surface area contributed by atoms with Crippen molar-refractivity contribution in [1.29, 1.82) is 0 Å². The van der Waals surface area contributed by atoms with Crippen LogP contribution in [-0.2, 0) is 0 Å². The van der Waals surface area contributed by atoms with E-state index in [1.165, 1.54) is 58.5 Å². The molecular weight excluding hydrogens is 605 g/mol. The summed E-state index contributed by atoms with van der Waals surface area (Å²) in [5.74, 6) is 0. The van der Waals surface area contributed by atoms with Gasteiger partial charge in [0, 0.05) is 53.1 Å². The molecule has 0 aliphatic heterocycles. The Kier molecular flexibility index (Phi) is 5.26. The Bertz CT molecular complexity index is 3060. The average molecular weight is 631 g/mol. The largest absolute Gasteiger partial charge is 0.439 e. The quantitative estimate of drug-likeness (QED) is 0.190. The van der Waals surface area contributed by atoms with E-state index in [4.69, 9.17) is 4.42 Å². The Labute approximate surface area is 279 Å². The second kappa shape index (κ2) is 9.71. The highest BCUT2D eigenvalue weighted by molar-refractivity contribution is 7.25. The van der Waals surface area contributed by atoms with E-state index >= 15 is 0 Å². The molecule has 0 saturated carbocycles. The maximum absolute atomic E-state index is 6.49. The van der Waals surface area contributed by atoms with Crippen LogP contribution in [0.2, 0.25) is 0 Å². The summed E-state index contributed by atoms with van der Waals surface area (Å²) >= 11 is 1.87. The lowest BCUT2D eigenvalue weighted by molar-refractivity contribution is 0.645. The van der Waals surface area contributed by atoms with Crippen molar-refractivity contribution in [3.8, 4) is 22.5 Å². The Hall–Kier alpha value is -6.10. The predicted molar refractivity (Wildman–Crippen MR) is 203 cm³/mol. The molecule has 0 spiro atoms. The highest BCUT2D eigenvalue weighted by atomic mass is 32.1. The molecule has 48 heavy (non-hydrogen) atoms. The second-order valence-corrected chi connectivity index (χ2v) is 13.6. The van der Waals surface area contributed by atoms with E-state index in [1.54, 1.807) is 0 Å². The number of fused-ring (bicyclic) bond motifs is 11. The van der Waals surface area contributed by atoms with Gasteiger partial charge >= 0.3 is 0 Å². The topological polar surface area (TPSA) is 23.0 Å². The molecule has 0 aliphatic carbocycles. The van der Waals surface area contributed by atoms with Crippen molar-refractivity contribution in [2.45, 2.75) is 0 Å². The van der Waals surface area contributed by atoms with E-state index < -0.39 is 0 Å². The molecule has 7 aromatic carbocycles. The molecule has 0 saturated heterocycles. The number of rotatable bonds is 3. The molecule has 4 heterocycles. The maximum Gasteiger partial charge on any atom is 0.213 e. The van der Waals surface area contributed by atoms with Crippen molar-refractivity contribution in [2.75, 3.05) is 0 Å². The first-order valence-electron chi connectivity index (χ1n) is 16.3. The first-order valence-corrected chi connectivity index (χ1v) is 17.1. The lowest BCUT2D eigenvalue weighted by Gasteiger charge is -2.11. The highest BCUT2D eigenvalue weighted by Gasteiger charge is 2.20. The summed E-state index contributed by atoms with van der Waals surface area (Å²) in [5, 5.41) is 8.68. The fraction of sp³-hybridized carbons (Fsp3) is 0. The van der Waals surface area contributed by atoms with Crippen LogP contribution in [0.1, 0.15) is 0 Å². The molecule has 4 aromatic heterocycles. The number of nitrogens with zero attached hydrogens (tertiary/aromatic N) is 2. The number of benzene rings is 7. The Morgan fingerprint density at radius 2 is 1.04 bits per heavy atom. The van der Waals surface area contributed by atoms with E-state index in [2.05, 4.69) is 155 Å². The molecule has 224 valence electrons. The zero-order valence-electron chi connectivity index (χ0n) is 25.7. The fourth-order valence-corrected chi connectivity index (χ4v) is 9.01. The molecular formula is C44H26N2OS. The van der Waals surface area contributed by atoms with Gasteiger partial charge in [-0.1, -0.05) is 91.0 Å². The zero-order valence-corrected chi connectivity index (χ0v) is 26.5. The van der Waals surface area contributed by atoms with E-state index in [0.717, 1.165) is 39.0 Å². The molecule has 0 atom stereocenters. The number of hydrogen-bond donors (Lipinski definition) is 0. The van der Waals surface area contributed by atoms with Crippen molar-refractivity contribution in [3.05, 3.63) is 158 Å². The van der Waals surface area contributed by atoms with Crippen LogP contribution < -0.4 is 0 Å². The summed E-state index contributed by atoms with van der Waals surface area (Å²) in [7, 11) is 0. The average Bonchev–Trinajstić information content (AvgIpc) is 3.88. The van der Waals surface area contributed by atoms with Gasteiger partial charge in [0.1, 0.15) is 5.58 Å². The molecule has 11 rings (SSSR count). The molecule has 3 nitrogen and oxygen atoms in total. The summed E-state index contributed by atoms with van der Waals surface area (Å²) in [5.41, 5.74) is 10.0. The van der Waals surface area contributed by atoms with Crippen LogP contribution in [0.3, 0.4) is 0 Å². The Morgan fingerprint density at radius 3 is 1.88 bits per heavy atom. The molecule has 0 N–H and O–H groups in total. The van der Waals surface area contributed by atoms with Gasteiger partial charge in [-0.25, -0.2) is 0 Å². The highest BCUT2D eigenvalue weighted by Crippen LogP contribution is 2.43. The smallest absolute Gasteiger partial charge is 0.213 e. The van der Waals surface area contributed by atoms with Gasteiger partial charge < -0.3 is 8.98 Å². The number of para-hydroxylation sites is 3. The summed E-state index contributed by atoms with van der Waals surface area (Å²) in [6, 6.07) is 57.0. The van der Waals surface area contributed by atoms with Gasteiger partial charge in [-0.3, -0.25) is 4.57 Å². The zero-order chi connectivity index (χ0) is 31.3. The third-order valence-electron chi connectivity index (χ3n) is 9.95. The molecule has 0 aliphatic rings. The van der Waals surface area contributed by atoms with Crippen molar-refractivity contribution >= 4 is 86.3 Å². The summed E-state index contributed by atoms with van der Waals surface area (Å²) < 4.78 is 13.8. The monoisotopic (exact) mass is 630 g/mol. The van der Waals surface area contributed by atoms with E-state index in [9.17, 15) is 0 Å². The summed E-state index contributed by atoms with van der Waals surface area (Å²) in [6.45, 7) is 0. The maximum atomic E-state index is 6.49. The first kappa shape index (κ1) is 26.0. The normalized spacial score (nSPS) is 12.2.